The largest absolute Gasteiger partial charge is 0.358 e. The number of nitrogens with zero attached hydrogens (tertiary/aromatic N) is 5. The molecule has 5 heterocycles. The molecule has 0 atom stereocenters. The molecule has 8 heteroatoms. The second-order valence-corrected chi connectivity index (χ2v) is 9.84. The third-order valence-electron chi connectivity index (χ3n) is 7.09. The first-order chi connectivity index (χ1) is 18.1. The van der Waals surface area contributed by atoms with Crippen molar-refractivity contribution in [2.24, 2.45) is 0 Å². The Balaban J connectivity index is 1.35. The molecular weight excluding hydrogens is 460 g/mol. The fraction of sp³-hybridized carbons (Fsp3) is 0.276. The quantitative estimate of drug-likeness (QED) is 0.272. The molecule has 3 N–H and O–H groups in total. The predicted molar refractivity (Wildman–Crippen MR) is 152 cm³/mol. The standard InChI is InChI=1S/C29H32N8/c1-4-5-19(2)32-22-14-21(17-30-18-22)20-6-7-26-23(15-20)28(35-34-26)27-16-24-25(33-27)8-9-31-29(24)37-12-10-36(3)11-13-37/h6-9,14-18,32-33H,2,4-5,10-13H2,1,3H3,(H,34,35). The van der Waals surface area contributed by atoms with Gasteiger partial charge in [-0.1, -0.05) is 26.0 Å². The Labute approximate surface area is 216 Å². The Kier molecular flexibility index (Phi) is 6.10. The van der Waals surface area contributed by atoms with Crippen LogP contribution in [-0.2, 0) is 0 Å². The van der Waals surface area contributed by atoms with E-state index in [1.807, 2.05) is 24.7 Å². The molecule has 0 aliphatic carbocycles. The van der Waals surface area contributed by atoms with Gasteiger partial charge in [0.1, 0.15) is 11.5 Å². The van der Waals surface area contributed by atoms with Crippen LogP contribution in [0.4, 0.5) is 11.5 Å². The van der Waals surface area contributed by atoms with Gasteiger partial charge in [0, 0.05) is 60.6 Å². The molecule has 4 aromatic heterocycles. The van der Waals surface area contributed by atoms with Crippen LogP contribution in [0, 0.1) is 0 Å². The molecule has 8 nitrogen and oxygen atoms in total. The summed E-state index contributed by atoms with van der Waals surface area (Å²) >= 11 is 0. The number of H-pyrrole nitrogens is 2. The van der Waals surface area contributed by atoms with Crippen molar-refractivity contribution in [2.75, 3.05) is 43.4 Å². The van der Waals surface area contributed by atoms with E-state index in [2.05, 4.69) is 86.2 Å². The molecule has 1 fully saturated rings. The Morgan fingerprint density at radius 3 is 2.70 bits per heavy atom. The number of allylic oxidation sites excluding steroid dienone is 1. The molecular formula is C29H32N8. The highest BCUT2D eigenvalue weighted by Crippen LogP contribution is 2.34. The summed E-state index contributed by atoms with van der Waals surface area (Å²) in [6, 6.07) is 12.7. The number of rotatable bonds is 7. The summed E-state index contributed by atoms with van der Waals surface area (Å²) in [6.45, 7) is 10.3. The Morgan fingerprint density at radius 1 is 1.00 bits per heavy atom. The van der Waals surface area contributed by atoms with E-state index >= 15 is 0 Å². The minimum atomic E-state index is 0.899. The van der Waals surface area contributed by atoms with Gasteiger partial charge in [0.05, 0.1) is 28.6 Å². The van der Waals surface area contributed by atoms with E-state index in [0.29, 0.717) is 0 Å². The van der Waals surface area contributed by atoms with Crippen LogP contribution in [0.5, 0.6) is 0 Å². The maximum atomic E-state index is 4.75. The molecule has 1 aliphatic rings. The smallest absolute Gasteiger partial charge is 0.138 e. The Bertz CT molecular complexity index is 1570. The highest BCUT2D eigenvalue weighted by molar-refractivity contribution is 6.00. The molecule has 1 aliphatic heterocycles. The number of nitrogens with one attached hydrogen (secondary N) is 3. The summed E-state index contributed by atoms with van der Waals surface area (Å²) in [7, 11) is 2.17. The average Bonchev–Trinajstić information content (AvgIpc) is 3.53. The van der Waals surface area contributed by atoms with Crippen LogP contribution < -0.4 is 10.2 Å². The topological polar surface area (TPSA) is 88.8 Å². The first kappa shape index (κ1) is 23.2. The monoisotopic (exact) mass is 492 g/mol. The fourth-order valence-electron chi connectivity index (χ4n) is 5.07. The van der Waals surface area contributed by atoms with Gasteiger partial charge in [0.25, 0.3) is 0 Å². The molecule has 5 aromatic rings. The molecule has 37 heavy (non-hydrogen) atoms. The number of hydrogen-bond acceptors (Lipinski definition) is 6. The van der Waals surface area contributed by atoms with E-state index in [4.69, 9.17) is 4.98 Å². The summed E-state index contributed by atoms with van der Waals surface area (Å²) in [5, 5.41) is 13.5. The lowest BCUT2D eigenvalue weighted by molar-refractivity contribution is 0.312. The minimum Gasteiger partial charge on any atom is -0.358 e. The van der Waals surface area contributed by atoms with Gasteiger partial charge >= 0.3 is 0 Å². The molecule has 0 amide bonds. The maximum absolute atomic E-state index is 4.75. The minimum absolute atomic E-state index is 0.899. The van der Waals surface area contributed by atoms with Gasteiger partial charge in [-0.25, -0.2) is 4.98 Å². The third kappa shape index (κ3) is 4.56. The Morgan fingerprint density at radius 2 is 1.86 bits per heavy atom. The number of fused-ring (bicyclic) bond motifs is 2. The number of piperazine rings is 1. The van der Waals surface area contributed by atoms with Gasteiger partial charge in [-0.15, -0.1) is 0 Å². The van der Waals surface area contributed by atoms with Crippen molar-refractivity contribution in [1.82, 2.24) is 30.0 Å². The summed E-state index contributed by atoms with van der Waals surface area (Å²) < 4.78 is 0. The number of hydrogen-bond donors (Lipinski definition) is 3. The number of anilines is 2. The van der Waals surface area contributed by atoms with Crippen molar-refractivity contribution >= 4 is 33.3 Å². The molecule has 188 valence electrons. The summed E-state index contributed by atoms with van der Waals surface area (Å²) in [5.74, 6) is 1.04. The van der Waals surface area contributed by atoms with Crippen molar-refractivity contribution in [3.8, 4) is 22.5 Å². The number of aromatic amines is 2. The van der Waals surface area contributed by atoms with Crippen LogP contribution in [0.15, 0.2) is 67.3 Å². The van der Waals surface area contributed by atoms with Crippen LogP contribution in [0.3, 0.4) is 0 Å². The normalized spacial score (nSPS) is 14.5. The number of benzene rings is 1. The first-order valence-electron chi connectivity index (χ1n) is 12.9. The van der Waals surface area contributed by atoms with Crippen molar-refractivity contribution in [3.63, 3.8) is 0 Å². The lowest BCUT2D eigenvalue weighted by atomic mass is 10.0. The molecule has 0 saturated carbocycles. The van der Waals surface area contributed by atoms with Gasteiger partial charge in [0.15, 0.2) is 0 Å². The van der Waals surface area contributed by atoms with E-state index in [1.165, 1.54) is 0 Å². The highest BCUT2D eigenvalue weighted by Gasteiger charge is 2.20. The first-order valence-corrected chi connectivity index (χ1v) is 12.9. The predicted octanol–water partition coefficient (Wildman–Crippen LogP) is 5.65. The number of likely N-dealkylation sites (N-methyl/N-ethyl adjacent to an activating group) is 1. The molecule has 0 spiro atoms. The molecule has 1 aromatic carbocycles. The van der Waals surface area contributed by atoms with Crippen LogP contribution in [0.25, 0.3) is 44.3 Å². The van der Waals surface area contributed by atoms with Crippen LogP contribution in [0.2, 0.25) is 0 Å². The molecule has 1 saturated heterocycles. The molecule has 0 radical (unpaired) electrons. The molecule has 0 unspecified atom stereocenters. The van der Waals surface area contributed by atoms with Gasteiger partial charge in [-0.3, -0.25) is 10.1 Å². The van der Waals surface area contributed by atoms with Crippen molar-refractivity contribution < 1.29 is 0 Å². The van der Waals surface area contributed by atoms with Gasteiger partial charge in [0.2, 0.25) is 0 Å². The lowest BCUT2D eigenvalue weighted by Gasteiger charge is -2.33. The summed E-state index contributed by atoms with van der Waals surface area (Å²) in [4.78, 5) is 17.5. The molecule has 6 rings (SSSR count). The van der Waals surface area contributed by atoms with E-state index < -0.39 is 0 Å². The average molecular weight is 493 g/mol. The second kappa shape index (κ2) is 9.71. The van der Waals surface area contributed by atoms with Crippen molar-refractivity contribution in [1.29, 1.82) is 0 Å². The van der Waals surface area contributed by atoms with E-state index in [1.54, 1.807) is 0 Å². The van der Waals surface area contributed by atoms with Gasteiger partial charge in [-0.2, -0.15) is 5.10 Å². The van der Waals surface area contributed by atoms with Gasteiger partial charge < -0.3 is 20.1 Å². The van der Waals surface area contributed by atoms with Crippen molar-refractivity contribution in [3.05, 3.63) is 67.3 Å². The SMILES string of the molecule is C=C(CCC)Nc1cncc(-c2ccc3[nH]nc(-c4cc5c(N6CCN(C)CC6)nccc5[nH]4)c3c2)c1. The maximum Gasteiger partial charge on any atom is 0.138 e. The van der Waals surface area contributed by atoms with Crippen LogP contribution in [-0.4, -0.2) is 63.3 Å². The van der Waals surface area contributed by atoms with E-state index in [-0.39, 0.29) is 0 Å². The van der Waals surface area contributed by atoms with E-state index in [0.717, 1.165) is 101 Å². The third-order valence-corrected chi connectivity index (χ3v) is 7.09. The van der Waals surface area contributed by atoms with Crippen LogP contribution in [0.1, 0.15) is 19.8 Å². The Hall–Kier alpha value is -4.17. The van der Waals surface area contributed by atoms with E-state index in [9.17, 15) is 0 Å². The fourth-order valence-corrected chi connectivity index (χ4v) is 5.07. The zero-order valence-corrected chi connectivity index (χ0v) is 21.4. The summed E-state index contributed by atoms with van der Waals surface area (Å²) in [5.41, 5.74) is 8.02. The second-order valence-electron chi connectivity index (χ2n) is 9.84. The number of aromatic nitrogens is 5. The lowest BCUT2D eigenvalue weighted by Crippen LogP contribution is -2.44. The molecule has 0 bridgehead atoms. The summed E-state index contributed by atoms with van der Waals surface area (Å²) in [6.07, 6.45) is 7.61. The van der Waals surface area contributed by atoms with Gasteiger partial charge in [-0.05, 0) is 49.4 Å². The van der Waals surface area contributed by atoms with Crippen LogP contribution >= 0.6 is 0 Å². The number of pyridine rings is 2. The highest BCUT2D eigenvalue weighted by atomic mass is 15.3. The zero-order valence-electron chi connectivity index (χ0n) is 21.4. The van der Waals surface area contributed by atoms with Crippen molar-refractivity contribution in [2.45, 2.75) is 19.8 Å². The zero-order chi connectivity index (χ0) is 25.4.